The van der Waals surface area contributed by atoms with Gasteiger partial charge in [0.2, 0.25) is 0 Å². The maximum atomic E-state index is 4.22. The zero-order valence-corrected chi connectivity index (χ0v) is 14.1. The number of nitrogens with zero attached hydrogens (tertiary/aromatic N) is 2. The first-order chi connectivity index (χ1) is 9.88. The van der Waals surface area contributed by atoms with Gasteiger partial charge < -0.3 is 5.32 Å². The number of unbranched alkanes of at least 4 members (excludes halogenated alkanes) is 7. The number of rotatable bonds is 13. The lowest BCUT2D eigenvalue weighted by molar-refractivity contribution is 0.456. The van der Waals surface area contributed by atoms with Crippen LogP contribution in [-0.2, 0) is 0 Å². The van der Waals surface area contributed by atoms with Gasteiger partial charge in [-0.3, -0.25) is 0 Å². The van der Waals surface area contributed by atoms with Crippen LogP contribution in [0.2, 0.25) is 0 Å². The zero-order valence-electron chi connectivity index (χ0n) is 13.2. The minimum atomic E-state index is 0.411. The highest BCUT2D eigenvalue weighted by Crippen LogP contribution is 2.19. The summed E-state index contributed by atoms with van der Waals surface area (Å²) in [6.07, 6.45) is 13.4. The second kappa shape index (κ2) is 12.3. The molecule has 0 aliphatic rings. The molecule has 1 heterocycles. The molecule has 0 bridgehead atoms. The van der Waals surface area contributed by atoms with E-state index in [-0.39, 0.29) is 0 Å². The van der Waals surface area contributed by atoms with Crippen molar-refractivity contribution in [2.75, 3.05) is 6.54 Å². The highest BCUT2D eigenvalue weighted by atomic mass is 32.1. The average Bonchev–Trinajstić information content (AvgIpc) is 2.99. The van der Waals surface area contributed by atoms with Gasteiger partial charge in [0.25, 0.3) is 0 Å². The first kappa shape index (κ1) is 17.6. The molecule has 0 aliphatic carbocycles. The average molecular weight is 298 g/mol. The Morgan fingerprint density at radius 3 is 2.30 bits per heavy atom. The smallest absolute Gasteiger partial charge is 0.0924 e. The molecule has 0 aliphatic heterocycles. The van der Waals surface area contributed by atoms with Crippen LogP contribution >= 0.6 is 11.5 Å². The molecule has 3 nitrogen and oxygen atoms in total. The van der Waals surface area contributed by atoms with E-state index in [9.17, 15) is 0 Å². The maximum absolute atomic E-state index is 4.22. The fraction of sp³-hybridized carbons (Fsp3) is 0.875. The molecular weight excluding hydrogens is 266 g/mol. The molecule has 20 heavy (non-hydrogen) atoms. The fourth-order valence-corrected chi connectivity index (χ4v) is 2.99. The molecule has 0 aromatic carbocycles. The molecule has 0 spiro atoms. The summed E-state index contributed by atoms with van der Waals surface area (Å²) >= 11 is 1.46. The Labute approximate surface area is 128 Å². The summed E-state index contributed by atoms with van der Waals surface area (Å²) in [5, 5.41) is 9.90. The molecule has 0 fully saturated rings. The van der Waals surface area contributed by atoms with Gasteiger partial charge >= 0.3 is 0 Å². The second-order valence-electron chi connectivity index (χ2n) is 5.60. The van der Waals surface area contributed by atoms with Crippen LogP contribution in [0.3, 0.4) is 0 Å². The lowest BCUT2D eigenvalue weighted by atomic mass is 10.0. The van der Waals surface area contributed by atoms with E-state index >= 15 is 0 Å². The Bertz CT molecular complexity index is 301. The molecule has 1 rings (SSSR count). The fourth-order valence-electron chi connectivity index (χ4n) is 2.48. The van der Waals surface area contributed by atoms with E-state index in [4.69, 9.17) is 0 Å². The van der Waals surface area contributed by atoms with Crippen LogP contribution < -0.4 is 5.32 Å². The monoisotopic (exact) mass is 297 g/mol. The Morgan fingerprint density at radius 2 is 1.70 bits per heavy atom. The van der Waals surface area contributed by atoms with Gasteiger partial charge in [-0.15, -0.1) is 5.10 Å². The third-order valence-corrected chi connectivity index (χ3v) is 4.24. The van der Waals surface area contributed by atoms with Crippen molar-refractivity contribution in [2.24, 2.45) is 0 Å². The van der Waals surface area contributed by atoms with E-state index < -0.39 is 0 Å². The number of hydrogen-bond donors (Lipinski definition) is 1. The molecular formula is C16H31N3S. The van der Waals surface area contributed by atoms with Crippen molar-refractivity contribution >= 4 is 11.5 Å². The molecule has 0 saturated carbocycles. The van der Waals surface area contributed by atoms with Gasteiger partial charge in [0, 0.05) is 5.38 Å². The van der Waals surface area contributed by atoms with Crippen molar-refractivity contribution in [3.05, 3.63) is 11.1 Å². The minimum absolute atomic E-state index is 0.411. The summed E-state index contributed by atoms with van der Waals surface area (Å²) in [7, 11) is 0. The maximum Gasteiger partial charge on any atom is 0.0924 e. The van der Waals surface area contributed by atoms with E-state index in [1.165, 1.54) is 75.7 Å². The Balaban J connectivity index is 2.10. The van der Waals surface area contributed by atoms with Crippen LogP contribution in [0.4, 0.5) is 0 Å². The molecule has 1 aromatic heterocycles. The molecule has 1 unspecified atom stereocenters. The third kappa shape index (κ3) is 7.95. The summed E-state index contributed by atoms with van der Waals surface area (Å²) in [6, 6.07) is 0.411. The van der Waals surface area contributed by atoms with Gasteiger partial charge in [0.1, 0.15) is 0 Å². The molecule has 0 amide bonds. The molecule has 1 aromatic rings. The van der Waals surface area contributed by atoms with Gasteiger partial charge in [-0.1, -0.05) is 69.7 Å². The summed E-state index contributed by atoms with van der Waals surface area (Å²) < 4.78 is 3.99. The first-order valence-electron chi connectivity index (χ1n) is 8.38. The summed E-state index contributed by atoms with van der Waals surface area (Å²) in [5.41, 5.74) is 1.13. The molecule has 1 atom stereocenters. The molecule has 1 N–H and O–H groups in total. The van der Waals surface area contributed by atoms with Crippen molar-refractivity contribution in [1.82, 2.24) is 14.9 Å². The highest BCUT2D eigenvalue weighted by Gasteiger charge is 2.12. The molecule has 116 valence electrons. The van der Waals surface area contributed by atoms with Gasteiger partial charge in [-0.2, -0.15) is 0 Å². The first-order valence-corrected chi connectivity index (χ1v) is 9.22. The largest absolute Gasteiger partial charge is 0.309 e. The molecule has 0 radical (unpaired) electrons. The van der Waals surface area contributed by atoms with Crippen molar-refractivity contribution in [2.45, 2.75) is 84.1 Å². The van der Waals surface area contributed by atoms with Gasteiger partial charge in [0.05, 0.1) is 11.7 Å². The SMILES string of the molecule is CCCCCCCCCCC(NCCC)c1csnn1. The lowest BCUT2D eigenvalue weighted by Crippen LogP contribution is -2.22. The van der Waals surface area contributed by atoms with Gasteiger partial charge in [-0.25, -0.2) is 0 Å². The molecule has 4 heteroatoms. The van der Waals surface area contributed by atoms with E-state index in [0.29, 0.717) is 6.04 Å². The van der Waals surface area contributed by atoms with Crippen molar-refractivity contribution in [3.8, 4) is 0 Å². The van der Waals surface area contributed by atoms with E-state index in [0.717, 1.165) is 12.2 Å². The predicted octanol–water partition coefficient (Wildman–Crippen LogP) is 5.11. The Hall–Kier alpha value is -0.480. The lowest BCUT2D eigenvalue weighted by Gasteiger charge is -2.15. The standard InChI is InChI=1S/C16H31N3S/c1-3-5-6-7-8-9-10-11-12-15(17-13-4-2)16-14-20-19-18-16/h14-15,17H,3-13H2,1-2H3. The topological polar surface area (TPSA) is 37.8 Å². The minimum Gasteiger partial charge on any atom is -0.309 e. The zero-order chi connectivity index (χ0) is 14.5. The van der Waals surface area contributed by atoms with Gasteiger partial charge in [-0.05, 0) is 30.9 Å². The van der Waals surface area contributed by atoms with Crippen molar-refractivity contribution in [1.29, 1.82) is 0 Å². The highest BCUT2D eigenvalue weighted by molar-refractivity contribution is 7.03. The van der Waals surface area contributed by atoms with Crippen LogP contribution in [0.15, 0.2) is 5.38 Å². The summed E-state index contributed by atoms with van der Waals surface area (Å²) in [6.45, 7) is 5.55. The Kier molecular flexibility index (Phi) is 10.8. The summed E-state index contributed by atoms with van der Waals surface area (Å²) in [5.74, 6) is 0. The molecule has 0 saturated heterocycles. The van der Waals surface area contributed by atoms with E-state index in [1.807, 2.05) is 0 Å². The van der Waals surface area contributed by atoms with Crippen LogP contribution in [0, 0.1) is 0 Å². The van der Waals surface area contributed by atoms with Crippen LogP contribution in [0.1, 0.15) is 89.8 Å². The van der Waals surface area contributed by atoms with Crippen molar-refractivity contribution in [3.63, 3.8) is 0 Å². The van der Waals surface area contributed by atoms with Crippen molar-refractivity contribution < 1.29 is 0 Å². The summed E-state index contributed by atoms with van der Waals surface area (Å²) in [4.78, 5) is 0. The van der Waals surface area contributed by atoms with Crippen LogP contribution in [0.5, 0.6) is 0 Å². The van der Waals surface area contributed by atoms with Crippen LogP contribution in [-0.4, -0.2) is 16.1 Å². The van der Waals surface area contributed by atoms with Gasteiger partial charge in [0.15, 0.2) is 0 Å². The van der Waals surface area contributed by atoms with E-state index in [1.54, 1.807) is 0 Å². The number of aromatic nitrogens is 2. The third-order valence-electron chi connectivity index (χ3n) is 3.72. The van der Waals surface area contributed by atoms with Crippen LogP contribution in [0.25, 0.3) is 0 Å². The Morgan fingerprint density at radius 1 is 1.00 bits per heavy atom. The second-order valence-corrected chi connectivity index (χ2v) is 6.21. The normalized spacial score (nSPS) is 12.7. The number of nitrogens with one attached hydrogen (secondary N) is 1. The quantitative estimate of drug-likeness (QED) is 0.514. The predicted molar refractivity (Wildman–Crippen MR) is 88.2 cm³/mol. The van der Waals surface area contributed by atoms with E-state index in [2.05, 4.69) is 34.1 Å². The number of hydrogen-bond acceptors (Lipinski definition) is 4.